The van der Waals surface area contributed by atoms with E-state index in [-0.39, 0.29) is 23.5 Å². The highest BCUT2D eigenvalue weighted by atomic mass is 79.9. The van der Waals surface area contributed by atoms with Crippen LogP contribution in [0.15, 0.2) is 53.0 Å². The summed E-state index contributed by atoms with van der Waals surface area (Å²) in [5, 5.41) is 0. The summed E-state index contributed by atoms with van der Waals surface area (Å²) in [5.74, 6) is -2.00. The van der Waals surface area contributed by atoms with Crippen molar-refractivity contribution in [1.29, 1.82) is 0 Å². The molecule has 3 aliphatic carbocycles. The van der Waals surface area contributed by atoms with E-state index in [0.29, 0.717) is 12.1 Å². The summed E-state index contributed by atoms with van der Waals surface area (Å²) in [6.07, 6.45) is 0.355. The fourth-order valence-corrected chi connectivity index (χ4v) is 5.22. The summed E-state index contributed by atoms with van der Waals surface area (Å²) in [6, 6.07) is 14.9. The minimum Gasteiger partial charge on any atom is -0.299 e. The van der Waals surface area contributed by atoms with E-state index < -0.39 is 17.8 Å². The van der Waals surface area contributed by atoms with Gasteiger partial charge < -0.3 is 0 Å². The maximum Gasteiger partial charge on any atom is 0.238 e. The lowest BCUT2D eigenvalue weighted by molar-refractivity contribution is -0.134. The van der Waals surface area contributed by atoms with Gasteiger partial charge in [-0.15, -0.1) is 0 Å². The number of rotatable bonds is 1. The lowest BCUT2D eigenvalue weighted by Gasteiger charge is -2.43. The normalized spacial score (nSPS) is 29.8. The second-order valence-electron chi connectivity index (χ2n) is 6.93. The molecule has 2 amide bonds. The van der Waals surface area contributed by atoms with Gasteiger partial charge in [0, 0.05) is 16.8 Å². The topological polar surface area (TPSA) is 54.5 Å². The molecule has 4 atom stereocenters. The molecule has 1 saturated carbocycles. The minimum atomic E-state index is -0.562. The smallest absolute Gasteiger partial charge is 0.238 e. The van der Waals surface area contributed by atoms with Crippen LogP contribution in [-0.4, -0.2) is 17.6 Å². The van der Waals surface area contributed by atoms with Gasteiger partial charge in [0.1, 0.15) is 5.78 Å². The van der Waals surface area contributed by atoms with Gasteiger partial charge in [0.15, 0.2) is 0 Å². The molecule has 0 aromatic heterocycles. The number of amides is 2. The molecular weight excluding hydrogens is 382 g/mol. The minimum absolute atomic E-state index is 0.0854. The van der Waals surface area contributed by atoms with Gasteiger partial charge in [-0.3, -0.25) is 14.4 Å². The number of ketones is 1. The standard InChI is InChI=1S/C20H14BrNO3/c21-10-4-3-5-11(8-10)22-19(24)17-14-9-15(23)16(18(17)20(22)25)13-7-2-1-6-12(13)14/h1-8,14,16-18H,9H2. The van der Waals surface area contributed by atoms with E-state index in [0.717, 1.165) is 15.6 Å². The molecule has 124 valence electrons. The van der Waals surface area contributed by atoms with Gasteiger partial charge in [0.25, 0.3) is 0 Å². The van der Waals surface area contributed by atoms with Gasteiger partial charge in [-0.05, 0) is 29.3 Å². The molecule has 4 nitrogen and oxygen atoms in total. The number of anilines is 1. The van der Waals surface area contributed by atoms with Crippen molar-refractivity contribution < 1.29 is 14.4 Å². The van der Waals surface area contributed by atoms with Crippen LogP contribution in [-0.2, 0) is 14.4 Å². The van der Waals surface area contributed by atoms with Gasteiger partial charge in [-0.2, -0.15) is 0 Å². The number of halogens is 1. The third kappa shape index (κ3) is 1.90. The first-order valence-corrected chi connectivity index (χ1v) is 9.12. The lowest BCUT2D eigenvalue weighted by Crippen LogP contribution is -2.44. The Morgan fingerprint density at radius 2 is 1.60 bits per heavy atom. The molecule has 2 aromatic carbocycles. The number of nitrogens with zero attached hydrogens (tertiary/aromatic N) is 1. The van der Waals surface area contributed by atoms with E-state index in [9.17, 15) is 14.4 Å². The molecule has 1 heterocycles. The van der Waals surface area contributed by atoms with Crippen molar-refractivity contribution >= 4 is 39.2 Å². The Balaban J connectivity index is 1.66. The highest BCUT2D eigenvalue weighted by molar-refractivity contribution is 9.10. The predicted molar refractivity (Wildman–Crippen MR) is 95.2 cm³/mol. The number of Topliss-reactive ketones (excluding diaryl/α,β-unsaturated/α-hetero) is 1. The summed E-state index contributed by atoms with van der Waals surface area (Å²) in [5.41, 5.74) is 2.56. The molecule has 0 N–H and O–H groups in total. The first kappa shape index (κ1) is 15.0. The number of hydrogen-bond donors (Lipinski definition) is 0. The Bertz CT molecular complexity index is 953. The monoisotopic (exact) mass is 395 g/mol. The van der Waals surface area contributed by atoms with Crippen molar-refractivity contribution in [3.05, 3.63) is 64.1 Å². The van der Waals surface area contributed by atoms with Crippen LogP contribution in [0.3, 0.4) is 0 Å². The van der Waals surface area contributed by atoms with Gasteiger partial charge in [0.05, 0.1) is 23.4 Å². The molecule has 6 rings (SSSR count). The largest absolute Gasteiger partial charge is 0.299 e. The van der Waals surface area contributed by atoms with Gasteiger partial charge in [0.2, 0.25) is 11.8 Å². The fourth-order valence-electron chi connectivity index (χ4n) is 4.83. The van der Waals surface area contributed by atoms with Gasteiger partial charge in [-0.25, -0.2) is 4.90 Å². The van der Waals surface area contributed by atoms with Crippen LogP contribution in [0.1, 0.15) is 29.4 Å². The fraction of sp³-hybridized carbons (Fsp3) is 0.250. The van der Waals surface area contributed by atoms with Crippen LogP contribution < -0.4 is 4.90 Å². The van der Waals surface area contributed by atoms with Crippen molar-refractivity contribution in [3.63, 3.8) is 0 Å². The molecule has 1 aliphatic heterocycles. The van der Waals surface area contributed by atoms with E-state index >= 15 is 0 Å². The Hall–Kier alpha value is -2.27. The molecule has 25 heavy (non-hydrogen) atoms. The zero-order valence-electron chi connectivity index (χ0n) is 13.2. The lowest BCUT2D eigenvalue weighted by atomic mass is 9.56. The number of hydrogen-bond acceptors (Lipinski definition) is 3. The second kappa shape index (κ2) is 5.11. The number of fused-ring (bicyclic) bond motifs is 1. The van der Waals surface area contributed by atoms with E-state index in [2.05, 4.69) is 15.9 Å². The molecule has 0 spiro atoms. The summed E-state index contributed by atoms with van der Waals surface area (Å²) >= 11 is 3.39. The second-order valence-corrected chi connectivity index (χ2v) is 7.84. The molecule has 2 bridgehead atoms. The van der Waals surface area contributed by atoms with Crippen LogP contribution in [0.4, 0.5) is 5.69 Å². The predicted octanol–water partition coefficient (Wildman–Crippen LogP) is 3.41. The number of imide groups is 1. The van der Waals surface area contributed by atoms with Crippen molar-refractivity contribution in [1.82, 2.24) is 0 Å². The first-order valence-electron chi connectivity index (χ1n) is 8.33. The molecule has 2 fully saturated rings. The molecule has 1 saturated heterocycles. The third-order valence-corrected chi connectivity index (χ3v) is 6.25. The Morgan fingerprint density at radius 3 is 2.36 bits per heavy atom. The van der Waals surface area contributed by atoms with E-state index in [1.54, 1.807) is 18.2 Å². The van der Waals surface area contributed by atoms with Crippen LogP contribution in [0.2, 0.25) is 0 Å². The molecular formula is C20H14BrNO3. The highest BCUT2D eigenvalue weighted by Gasteiger charge is 2.62. The average Bonchev–Trinajstić information content (AvgIpc) is 2.87. The maximum absolute atomic E-state index is 13.1. The Kier molecular flexibility index (Phi) is 3.07. The Labute approximate surface area is 153 Å². The SMILES string of the molecule is O=C1CC2c3ccccc3C1C1C(=O)N(c3cccc(Br)c3)C(=O)C21. The average molecular weight is 396 g/mol. The zero-order valence-corrected chi connectivity index (χ0v) is 14.8. The molecule has 4 aliphatic rings. The van der Waals surface area contributed by atoms with Crippen LogP contribution >= 0.6 is 15.9 Å². The zero-order chi connectivity index (χ0) is 17.3. The van der Waals surface area contributed by atoms with E-state index in [4.69, 9.17) is 0 Å². The van der Waals surface area contributed by atoms with E-state index in [1.165, 1.54) is 4.90 Å². The highest BCUT2D eigenvalue weighted by Crippen LogP contribution is 2.57. The van der Waals surface area contributed by atoms with Crippen LogP contribution in [0.5, 0.6) is 0 Å². The van der Waals surface area contributed by atoms with Crippen molar-refractivity contribution in [2.75, 3.05) is 4.90 Å². The maximum atomic E-state index is 13.1. The van der Waals surface area contributed by atoms with Crippen molar-refractivity contribution in [3.8, 4) is 0 Å². The number of carbonyl (C=O) groups is 3. The van der Waals surface area contributed by atoms with Gasteiger partial charge in [-0.1, -0.05) is 46.3 Å². The number of benzene rings is 2. The van der Waals surface area contributed by atoms with Gasteiger partial charge >= 0.3 is 0 Å². The van der Waals surface area contributed by atoms with Crippen LogP contribution in [0, 0.1) is 11.8 Å². The number of carbonyl (C=O) groups excluding carboxylic acids is 3. The molecule has 2 aromatic rings. The van der Waals surface area contributed by atoms with Crippen LogP contribution in [0.25, 0.3) is 0 Å². The van der Waals surface area contributed by atoms with Crippen molar-refractivity contribution in [2.45, 2.75) is 18.3 Å². The summed E-state index contributed by atoms with van der Waals surface area (Å²) in [6.45, 7) is 0. The third-order valence-electron chi connectivity index (χ3n) is 5.76. The summed E-state index contributed by atoms with van der Waals surface area (Å²) in [4.78, 5) is 40.2. The summed E-state index contributed by atoms with van der Waals surface area (Å²) < 4.78 is 0.808. The molecule has 0 radical (unpaired) electrons. The van der Waals surface area contributed by atoms with E-state index in [1.807, 2.05) is 30.3 Å². The Morgan fingerprint density at radius 1 is 0.880 bits per heavy atom. The molecule has 5 heteroatoms. The quantitative estimate of drug-likeness (QED) is 0.695. The molecule has 4 unspecified atom stereocenters. The summed E-state index contributed by atoms with van der Waals surface area (Å²) in [7, 11) is 0. The van der Waals surface area contributed by atoms with Crippen molar-refractivity contribution in [2.24, 2.45) is 11.8 Å². The first-order chi connectivity index (χ1) is 12.1.